The maximum absolute atomic E-state index is 12.7. The van der Waals surface area contributed by atoms with Crippen LogP contribution in [0.15, 0.2) is 24.3 Å². The molecular formula is C14H17FN2O2. The zero-order chi connectivity index (χ0) is 13.8. The van der Waals surface area contributed by atoms with Crippen LogP contribution in [0, 0.1) is 11.7 Å². The molecule has 1 aromatic carbocycles. The van der Waals surface area contributed by atoms with Crippen LogP contribution >= 0.6 is 0 Å². The van der Waals surface area contributed by atoms with Gasteiger partial charge in [0.25, 0.3) is 0 Å². The molecule has 19 heavy (non-hydrogen) atoms. The van der Waals surface area contributed by atoms with Crippen LogP contribution in [-0.2, 0) is 9.59 Å². The largest absolute Gasteiger partial charge is 0.336 e. The fourth-order valence-corrected chi connectivity index (χ4v) is 1.99. The summed E-state index contributed by atoms with van der Waals surface area (Å²) in [6, 6.07) is 5.53. The number of halogens is 1. The van der Waals surface area contributed by atoms with Crippen LogP contribution in [0.1, 0.15) is 19.3 Å². The third-order valence-electron chi connectivity index (χ3n) is 3.34. The van der Waals surface area contributed by atoms with Crippen LogP contribution in [0.4, 0.5) is 10.1 Å². The minimum atomic E-state index is -0.352. The van der Waals surface area contributed by atoms with Gasteiger partial charge in [-0.05, 0) is 37.1 Å². The van der Waals surface area contributed by atoms with Gasteiger partial charge < -0.3 is 10.2 Å². The van der Waals surface area contributed by atoms with Gasteiger partial charge in [0.15, 0.2) is 0 Å². The summed E-state index contributed by atoms with van der Waals surface area (Å²) in [7, 11) is 1.63. The highest BCUT2D eigenvalue weighted by molar-refractivity contribution is 5.94. The maximum atomic E-state index is 12.7. The zero-order valence-electron chi connectivity index (χ0n) is 10.9. The second-order valence-corrected chi connectivity index (χ2v) is 4.88. The molecule has 0 bridgehead atoms. The van der Waals surface area contributed by atoms with E-state index < -0.39 is 0 Å². The normalized spacial score (nSPS) is 14.6. The molecule has 1 aromatic rings. The lowest BCUT2D eigenvalue weighted by molar-refractivity contribution is -0.139. The van der Waals surface area contributed by atoms with E-state index in [-0.39, 0.29) is 30.1 Å². The van der Waals surface area contributed by atoms with Crippen molar-refractivity contribution in [1.29, 1.82) is 0 Å². The van der Waals surface area contributed by atoms with Crippen molar-refractivity contribution in [3.8, 4) is 0 Å². The standard InChI is InChI=1S/C14H17FN2O2/c1-17(14(19)10-3-2-4-10)9-13(18)16-12-7-5-11(15)6-8-12/h5-8,10H,2-4,9H2,1H3,(H,16,18). The van der Waals surface area contributed by atoms with Crippen molar-refractivity contribution in [2.24, 2.45) is 5.92 Å². The van der Waals surface area contributed by atoms with Crippen molar-refractivity contribution >= 4 is 17.5 Å². The number of nitrogens with zero attached hydrogens (tertiary/aromatic N) is 1. The first-order chi connectivity index (χ1) is 9.06. The van der Waals surface area contributed by atoms with E-state index in [1.54, 1.807) is 7.05 Å². The van der Waals surface area contributed by atoms with Gasteiger partial charge in [-0.2, -0.15) is 0 Å². The Hall–Kier alpha value is -1.91. The summed E-state index contributed by atoms with van der Waals surface area (Å²) in [6.45, 7) is 0.0205. The lowest BCUT2D eigenvalue weighted by Gasteiger charge is -2.28. The van der Waals surface area contributed by atoms with Gasteiger partial charge in [-0.15, -0.1) is 0 Å². The molecule has 4 nitrogen and oxygen atoms in total. The molecule has 0 unspecified atom stereocenters. The highest BCUT2D eigenvalue weighted by Crippen LogP contribution is 2.27. The fraction of sp³-hybridized carbons (Fsp3) is 0.429. The van der Waals surface area contributed by atoms with E-state index in [2.05, 4.69) is 5.32 Å². The van der Waals surface area contributed by atoms with Crippen molar-refractivity contribution < 1.29 is 14.0 Å². The number of hydrogen-bond donors (Lipinski definition) is 1. The van der Waals surface area contributed by atoms with E-state index in [1.165, 1.54) is 29.2 Å². The molecule has 0 aromatic heterocycles. The van der Waals surface area contributed by atoms with Gasteiger partial charge in [0.1, 0.15) is 5.82 Å². The number of rotatable bonds is 4. The van der Waals surface area contributed by atoms with Gasteiger partial charge in [-0.25, -0.2) is 4.39 Å². The third-order valence-corrected chi connectivity index (χ3v) is 3.34. The van der Waals surface area contributed by atoms with Crippen molar-refractivity contribution in [1.82, 2.24) is 4.90 Å². The Labute approximate surface area is 111 Å². The first-order valence-electron chi connectivity index (χ1n) is 6.36. The van der Waals surface area contributed by atoms with E-state index in [0.29, 0.717) is 5.69 Å². The molecule has 2 amide bonds. The number of anilines is 1. The summed E-state index contributed by atoms with van der Waals surface area (Å²) in [5.74, 6) is -0.513. The number of nitrogens with one attached hydrogen (secondary N) is 1. The second-order valence-electron chi connectivity index (χ2n) is 4.88. The molecule has 0 aliphatic heterocycles. The van der Waals surface area contributed by atoms with Crippen LogP contribution in [-0.4, -0.2) is 30.3 Å². The highest BCUT2D eigenvalue weighted by Gasteiger charge is 2.28. The Bertz CT molecular complexity index is 469. The van der Waals surface area contributed by atoms with Crippen LogP contribution in [0.5, 0.6) is 0 Å². The first-order valence-corrected chi connectivity index (χ1v) is 6.36. The molecule has 2 rings (SSSR count). The van der Waals surface area contributed by atoms with Crippen molar-refractivity contribution in [2.45, 2.75) is 19.3 Å². The minimum absolute atomic E-state index is 0.0205. The number of hydrogen-bond acceptors (Lipinski definition) is 2. The predicted molar refractivity (Wildman–Crippen MR) is 70.0 cm³/mol. The lowest BCUT2D eigenvalue weighted by Crippen LogP contribution is -2.40. The van der Waals surface area contributed by atoms with Crippen molar-refractivity contribution in [2.75, 3.05) is 18.9 Å². The Morgan fingerprint density at radius 3 is 2.47 bits per heavy atom. The molecule has 1 saturated carbocycles. The van der Waals surface area contributed by atoms with Gasteiger partial charge in [0.2, 0.25) is 11.8 Å². The Balaban J connectivity index is 1.83. The van der Waals surface area contributed by atoms with Gasteiger partial charge in [0, 0.05) is 18.7 Å². The Morgan fingerprint density at radius 1 is 1.32 bits per heavy atom. The molecule has 0 heterocycles. The lowest BCUT2D eigenvalue weighted by atomic mass is 9.84. The molecule has 0 radical (unpaired) electrons. The molecule has 1 fully saturated rings. The van der Waals surface area contributed by atoms with E-state index in [9.17, 15) is 14.0 Å². The van der Waals surface area contributed by atoms with E-state index in [1.807, 2.05) is 0 Å². The summed E-state index contributed by atoms with van der Waals surface area (Å²) < 4.78 is 12.7. The quantitative estimate of drug-likeness (QED) is 0.904. The predicted octanol–water partition coefficient (Wildman–Crippen LogP) is 2.02. The molecule has 1 N–H and O–H groups in total. The number of benzene rings is 1. The number of likely N-dealkylation sites (N-methyl/N-ethyl adjacent to an activating group) is 1. The minimum Gasteiger partial charge on any atom is -0.336 e. The fourth-order valence-electron chi connectivity index (χ4n) is 1.99. The number of amides is 2. The van der Waals surface area contributed by atoms with Gasteiger partial charge >= 0.3 is 0 Å². The Kier molecular flexibility index (Phi) is 4.14. The monoisotopic (exact) mass is 264 g/mol. The maximum Gasteiger partial charge on any atom is 0.243 e. The van der Waals surface area contributed by atoms with Crippen LogP contribution in [0.2, 0.25) is 0 Å². The zero-order valence-corrected chi connectivity index (χ0v) is 10.9. The van der Waals surface area contributed by atoms with Gasteiger partial charge in [-0.3, -0.25) is 9.59 Å². The second kappa shape index (κ2) is 5.82. The summed E-state index contributed by atoms with van der Waals surface area (Å²) >= 11 is 0. The molecule has 5 heteroatoms. The third kappa shape index (κ3) is 3.53. The molecule has 102 valence electrons. The highest BCUT2D eigenvalue weighted by atomic mass is 19.1. The summed E-state index contributed by atoms with van der Waals surface area (Å²) in [5, 5.41) is 2.63. The average Bonchev–Trinajstić information content (AvgIpc) is 2.29. The van der Waals surface area contributed by atoms with Crippen molar-refractivity contribution in [3.05, 3.63) is 30.1 Å². The molecule has 0 saturated heterocycles. The molecule has 1 aliphatic carbocycles. The van der Waals surface area contributed by atoms with Gasteiger partial charge in [-0.1, -0.05) is 6.42 Å². The van der Waals surface area contributed by atoms with Gasteiger partial charge in [0.05, 0.1) is 6.54 Å². The smallest absolute Gasteiger partial charge is 0.243 e. The topological polar surface area (TPSA) is 49.4 Å². The number of carbonyl (C=O) groups is 2. The van der Waals surface area contributed by atoms with Crippen LogP contribution < -0.4 is 5.32 Å². The van der Waals surface area contributed by atoms with E-state index >= 15 is 0 Å². The molecule has 1 aliphatic rings. The van der Waals surface area contributed by atoms with E-state index in [4.69, 9.17) is 0 Å². The van der Waals surface area contributed by atoms with Crippen LogP contribution in [0.25, 0.3) is 0 Å². The first kappa shape index (κ1) is 13.5. The SMILES string of the molecule is CN(CC(=O)Nc1ccc(F)cc1)C(=O)C1CCC1. The average molecular weight is 264 g/mol. The summed E-state index contributed by atoms with van der Waals surface area (Å²) in [6.07, 6.45) is 2.93. The van der Waals surface area contributed by atoms with E-state index in [0.717, 1.165) is 19.3 Å². The summed E-state index contributed by atoms with van der Waals surface area (Å²) in [5.41, 5.74) is 0.524. The Morgan fingerprint density at radius 2 is 1.95 bits per heavy atom. The molecule has 0 atom stereocenters. The van der Waals surface area contributed by atoms with Crippen LogP contribution in [0.3, 0.4) is 0 Å². The molecule has 0 spiro atoms. The summed E-state index contributed by atoms with van der Waals surface area (Å²) in [4.78, 5) is 25.0. The number of carbonyl (C=O) groups excluding carboxylic acids is 2. The molecular weight excluding hydrogens is 247 g/mol. The van der Waals surface area contributed by atoms with Crippen molar-refractivity contribution in [3.63, 3.8) is 0 Å².